The number of allylic oxidation sites excluding steroid dienone is 1. The van der Waals surface area contributed by atoms with Crippen LogP contribution in [-0.2, 0) is 32.1 Å². The van der Waals surface area contributed by atoms with Gasteiger partial charge in [0.15, 0.2) is 5.78 Å². The van der Waals surface area contributed by atoms with Crippen molar-refractivity contribution in [3.8, 4) is 0 Å². The van der Waals surface area contributed by atoms with E-state index in [2.05, 4.69) is 5.32 Å². The monoisotopic (exact) mass is 381 g/mol. The van der Waals surface area contributed by atoms with Crippen molar-refractivity contribution >= 4 is 17.8 Å². The van der Waals surface area contributed by atoms with E-state index in [9.17, 15) is 14.4 Å². The van der Waals surface area contributed by atoms with Crippen LogP contribution in [0.2, 0.25) is 0 Å². The van der Waals surface area contributed by atoms with E-state index in [1.54, 1.807) is 6.08 Å². The van der Waals surface area contributed by atoms with Gasteiger partial charge in [-0.1, -0.05) is 66.7 Å². The molecule has 0 spiro atoms. The lowest BCUT2D eigenvalue weighted by atomic mass is 10.1. The lowest BCUT2D eigenvalue weighted by molar-refractivity contribution is -0.142. The Morgan fingerprint density at radius 1 is 0.964 bits per heavy atom. The molecule has 0 saturated carbocycles. The van der Waals surface area contributed by atoms with Crippen molar-refractivity contribution in [2.45, 2.75) is 25.5 Å². The van der Waals surface area contributed by atoms with Crippen molar-refractivity contribution < 1.29 is 23.9 Å². The van der Waals surface area contributed by atoms with E-state index in [4.69, 9.17) is 9.47 Å². The molecule has 0 saturated heterocycles. The Morgan fingerprint density at radius 3 is 2.18 bits per heavy atom. The molecule has 146 valence electrons. The first kappa shape index (κ1) is 20.9. The molecular formula is C22H23NO5. The van der Waals surface area contributed by atoms with Crippen LogP contribution in [0.4, 0.5) is 4.79 Å². The van der Waals surface area contributed by atoms with E-state index in [0.717, 1.165) is 11.1 Å². The SMILES string of the molecule is COC(=O)[C@H](C/C=C/C(=O)Cc1ccccc1)NC(=O)OCc1ccccc1. The third-order valence-electron chi connectivity index (χ3n) is 3.89. The predicted octanol–water partition coefficient (Wildman–Crippen LogP) is 3.21. The van der Waals surface area contributed by atoms with Gasteiger partial charge in [-0.05, 0) is 23.6 Å². The fourth-order valence-electron chi connectivity index (χ4n) is 2.45. The van der Waals surface area contributed by atoms with Crippen LogP contribution in [0.3, 0.4) is 0 Å². The fourth-order valence-corrected chi connectivity index (χ4v) is 2.45. The molecule has 0 bridgehead atoms. The van der Waals surface area contributed by atoms with Gasteiger partial charge in [-0.2, -0.15) is 0 Å². The number of amides is 1. The van der Waals surface area contributed by atoms with E-state index < -0.39 is 18.1 Å². The van der Waals surface area contributed by atoms with Crippen molar-refractivity contribution in [3.05, 3.63) is 83.9 Å². The highest BCUT2D eigenvalue weighted by Gasteiger charge is 2.21. The molecule has 2 aromatic carbocycles. The molecule has 0 unspecified atom stereocenters. The van der Waals surface area contributed by atoms with Crippen LogP contribution in [-0.4, -0.2) is 31.0 Å². The first-order valence-corrected chi connectivity index (χ1v) is 8.87. The normalized spacial score (nSPS) is 11.6. The van der Waals surface area contributed by atoms with Gasteiger partial charge in [0.2, 0.25) is 0 Å². The second kappa shape index (κ2) is 11.3. The third kappa shape index (κ3) is 7.45. The van der Waals surface area contributed by atoms with E-state index in [1.807, 2.05) is 60.7 Å². The predicted molar refractivity (Wildman–Crippen MR) is 104 cm³/mol. The second-order valence-electron chi connectivity index (χ2n) is 6.05. The summed E-state index contributed by atoms with van der Waals surface area (Å²) in [6.45, 7) is 0.0893. The summed E-state index contributed by atoms with van der Waals surface area (Å²) in [7, 11) is 1.23. The number of methoxy groups -OCH3 is 1. The molecule has 1 N–H and O–H groups in total. The van der Waals surface area contributed by atoms with E-state index in [-0.39, 0.29) is 25.2 Å². The quantitative estimate of drug-likeness (QED) is 0.533. The van der Waals surface area contributed by atoms with Gasteiger partial charge in [-0.25, -0.2) is 9.59 Å². The molecule has 2 aromatic rings. The van der Waals surface area contributed by atoms with Crippen molar-refractivity contribution in [2.24, 2.45) is 0 Å². The summed E-state index contributed by atoms with van der Waals surface area (Å²) < 4.78 is 9.81. The van der Waals surface area contributed by atoms with Gasteiger partial charge < -0.3 is 14.8 Å². The standard InChI is InChI=1S/C22H23NO5/c1-27-21(25)20(23-22(26)28-16-18-11-6-3-7-12-18)14-8-13-19(24)15-17-9-4-2-5-10-17/h2-13,20H,14-16H2,1H3,(H,23,26)/b13-8+/t20-/m0/s1. The number of alkyl carbamates (subject to hydrolysis) is 1. The van der Waals surface area contributed by atoms with Gasteiger partial charge in [-0.3, -0.25) is 4.79 Å². The zero-order chi connectivity index (χ0) is 20.2. The highest BCUT2D eigenvalue weighted by molar-refractivity contribution is 5.91. The Morgan fingerprint density at radius 2 is 1.57 bits per heavy atom. The van der Waals surface area contributed by atoms with Crippen LogP contribution >= 0.6 is 0 Å². The van der Waals surface area contributed by atoms with Gasteiger partial charge in [0.25, 0.3) is 0 Å². The molecule has 2 rings (SSSR count). The molecule has 0 radical (unpaired) electrons. The van der Waals surface area contributed by atoms with E-state index in [1.165, 1.54) is 13.2 Å². The number of ether oxygens (including phenoxy) is 2. The lowest BCUT2D eigenvalue weighted by Crippen LogP contribution is -2.41. The third-order valence-corrected chi connectivity index (χ3v) is 3.89. The Balaban J connectivity index is 1.84. The number of ketones is 1. The van der Waals surface area contributed by atoms with Crippen molar-refractivity contribution in [3.63, 3.8) is 0 Å². The Bertz CT molecular complexity index is 802. The Hall–Kier alpha value is -3.41. The smallest absolute Gasteiger partial charge is 0.408 e. The minimum atomic E-state index is -0.936. The van der Waals surface area contributed by atoms with Crippen molar-refractivity contribution in [1.29, 1.82) is 0 Å². The van der Waals surface area contributed by atoms with Crippen LogP contribution < -0.4 is 5.32 Å². The molecule has 0 fully saturated rings. The van der Waals surface area contributed by atoms with Crippen LogP contribution in [0.5, 0.6) is 0 Å². The first-order chi connectivity index (χ1) is 13.6. The molecule has 0 aromatic heterocycles. The minimum absolute atomic E-state index is 0.0893. The number of hydrogen-bond donors (Lipinski definition) is 1. The van der Waals surface area contributed by atoms with Crippen molar-refractivity contribution in [1.82, 2.24) is 5.32 Å². The maximum absolute atomic E-state index is 12.0. The molecule has 6 heteroatoms. The van der Waals surface area contributed by atoms with Gasteiger partial charge in [0.1, 0.15) is 12.6 Å². The highest BCUT2D eigenvalue weighted by Crippen LogP contribution is 2.04. The van der Waals surface area contributed by atoms with Crippen molar-refractivity contribution in [2.75, 3.05) is 7.11 Å². The molecular weight excluding hydrogens is 358 g/mol. The molecule has 6 nitrogen and oxygen atoms in total. The summed E-state index contributed by atoms with van der Waals surface area (Å²) in [4.78, 5) is 35.8. The molecule has 1 atom stereocenters. The summed E-state index contributed by atoms with van der Waals surface area (Å²) in [5.41, 5.74) is 1.74. The molecule has 1 amide bonds. The number of nitrogens with one attached hydrogen (secondary N) is 1. The Labute approximate surface area is 164 Å². The van der Waals surface area contributed by atoms with E-state index >= 15 is 0 Å². The highest BCUT2D eigenvalue weighted by atomic mass is 16.6. The fraction of sp³-hybridized carbons (Fsp3) is 0.227. The summed E-state index contributed by atoms with van der Waals surface area (Å²) >= 11 is 0. The number of benzene rings is 2. The van der Waals surface area contributed by atoms with Crippen LogP contribution in [0.25, 0.3) is 0 Å². The largest absolute Gasteiger partial charge is 0.467 e. The molecule has 0 aliphatic rings. The number of rotatable bonds is 9. The average molecular weight is 381 g/mol. The van der Waals surface area contributed by atoms with Gasteiger partial charge in [-0.15, -0.1) is 0 Å². The zero-order valence-corrected chi connectivity index (χ0v) is 15.7. The number of carbonyl (C=O) groups excluding carboxylic acids is 3. The number of esters is 1. The second-order valence-corrected chi connectivity index (χ2v) is 6.05. The maximum Gasteiger partial charge on any atom is 0.408 e. The maximum atomic E-state index is 12.0. The van der Waals surface area contributed by atoms with Crippen LogP contribution in [0, 0.1) is 0 Å². The van der Waals surface area contributed by atoms with Gasteiger partial charge >= 0.3 is 12.1 Å². The van der Waals surface area contributed by atoms with Crippen LogP contribution in [0.1, 0.15) is 17.5 Å². The summed E-state index contributed by atoms with van der Waals surface area (Å²) in [6.07, 6.45) is 2.60. The average Bonchev–Trinajstić information content (AvgIpc) is 2.72. The summed E-state index contributed by atoms with van der Waals surface area (Å²) in [5, 5.41) is 2.46. The summed E-state index contributed by atoms with van der Waals surface area (Å²) in [6, 6.07) is 17.6. The molecule has 0 aliphatic heterocycles. The van der Waals surface area contributed by atoms with Crippen LogP contribution in [0.15, 0.2) is 72.8 Å². The van der Waals surface area contributed by atoms with E-state index in [0.29, 0.717) is 0 Å². The van der Waals surface area contributed by atoms with Gasteiger partial charge in [0.05, 0.1) is 7.11 Å². The first-order valence-electron chi connectivity index (χ1n) is 8.87. The molecule has 0 heterocycles. The minimum Gasteiger partial charge on any atom is -0.467 e. The molecule has 28 heavy (non-hydrogen) atoms. The molecule has 0 aliphatic carbocycles. The van der Waals surface area contributed by atoms with Gasteiger partial charge in [0, 0.05) is 6.42 Å². The summed E-state index contributed by atoms with van der Waals surface area (Å²) in [5.74, 6) is -0.710. The Kier molecular flexibility index (Phi) is 8.46. The topological polar surface area (TPSA) is 81.7 Å². The lowest BCUT2D eigenvalue weighted by Gasteiger charge is -2.14. The number of hydrogen-bond acceptors (Lipinski definition) is 5. The number of carbonyl (C=O) groups is 3. The zero-order valence-electron chi connectivity index (χ0n) is 15.7.